The molecule has 0 atom stereocenters. The maximum atomic E-state index is 14.1. The highest BCUT2D eigenvalue weighted by Gasteiger charge is 2.27. The molecule has 0 bridgehead atoms. The summed E-state index contributed by atoms with van der Waals surface area (Å²) in [4.78, 5) is 78.2. The number of carboxylic acids is 2. The Balaban J connectivity index is 1.41. The van der Waals surface area contributed by atoms with Gasteiger partial charge in [0.25, 0.3) is 5.91 Å². The van der Waals surface area contributed by atoms with E-state index in [0.717, 1.165) is 0 Å². The molecule has 0 aliphatic rings. The molecule has 0 aliphatic carbocycles. The van der Waals surface area contributed by atoms with Crippen LogP contribution in [0.15, 0.2) is 60.7 Å². The van der Waals surface area contributed by atoms with Gasteiger partial charge in [0, 0.05) is 75.4 Å². The van der Waals surface area contributed by atoms with E-state index in [1.54, 1.807) is 72.2 Å². The van der Waals surface area contributed by atoms with Crippen molar-refractivity contribution in [2.24, 2.45) is 5.73 Å². The summed E-state index contributed by atoms with van der Waals surface area (Å²) in [5, 5.41) is 22.1. The Morgan fingerprint density at radius 1 is 0.726 bits per heavy atom. The molecule has 3 amide bonds. The van der Waals surface area contributed by atoms with Gasteiger partial charge in [-0.2, -0.15) is 4.57 Å². The van der Waals surface area contributed by atoms with Crippen LogP contribution in [0.5, 0.6) is 5.75 Å². The number of benzene rings is 3. The number of unbranched alkanes of at least 4 members (excludes halogenated alkanes) is 1. The number of fused-ring (bicyclic) bond motifs is 2. The zero-order valence-electron chi connectivity index (χ0n) is 35.1. The number of pyridine rings is 1. The molecule has 0 radical (unpaired) electrons. The fourth-order valence-electron chi connectivity index (χ4n) is 7.29. The Bertz CT molecular complexity index is 2310. The molecule has 17 nitrogen and oxygen atoms in total. The number of nitrogens with one attached hydrogen (secondary N) is 1. The van der Waals surface area contributed by atoms with Gasteiger partial charge in [0.1, 0.15) is 5.75 Å². The maximum Gasteiger partial charge on any atom is 0.345 e. The first kappa shape index (κ1) is 48.7. The van der Waals surface area contributed by atoms with Crippen molar-refractivity contribution in [1.29, 1.82) is 0 Å². The summed E-state index contributed by atoms with van der Waals surface area (Å²) in [5.41, 5.74) is 8.60. The standard InChI is InChI=1S/C44H55N5O12S/c1-30-28-32(43(56)46-21-10-25-48(38(51)17-19-40(54)55)23-8-7-22-47(24-9-20-45)37(50)16-18-39(52)53)29-31(2)42(30)61-44(57)41-33-12-3-5-14-35(33)49(26-11-27-62(58,59)60)36-15-6-4-13-34(36)41/h3-6,12-15,28-29H,7-11,16-27,45H2,1-2H3,(H3-,46,52,53,54,55,56,58,59,60). The minimum absolute atomic E-state index is 0.0840. The average Bonchev–Trinajstić information content (AvgIpc) is 3.22. The zero-order valence-corrected chi connectivity index (χ0v) is 35.9. The molecule has 334 valence electrons. The van der Waals surface area contributed by atoms with Gasteiger partial charge >= 0.3 is 17.9 Å². The van der Waals surface area contributed by atoms with E-state index in [1.165, 1.54) is 0 Å². The number of aryl methyl sites for hydroxylation is 3. The van der Waals surface area contributed by atoms with Crippen molar-refractivity contribution in [2.45, 2.75) is 78.2 Å². The highest BCUT2D eigenvalue weighted by Crippen LogP contribution is 2.30. The lowest BCUT2D eigenvalue weighted by Crippen LogP contribution is -2.37. The number of rotatable bonds is 25. The Labute approximate surface area is 360 Å². The van der Waals surface area contributed by atoms with Crippen LogP contribution in [-0.2, 0) is 35.8 Å². The Morgan fingerprint density at radius 3 is 1.69 bits per heavy atom. The summed E-state index contributed by atoms with van der Waals surface area (Å²) in [6.07, 6.45) is 1.09. The van der Waals surface area contributed by atoms with E-state index in [0.29, 0.717) is 95.9 Å². The number of carbonyl (C=O) groups excluding carboxylic acids is 4. The number of ether oxygens (including phenoxy) is 1. The summed E-state index contributed by atoms with van der Waals surface area (Å²) >= 11 is 0. The Hall–Kier alpha value is -5.98. The van der Waals surface area contributed by atoms with Crippen LogP contribution in [0.25, 0.3) is 21.8 Å². The largest absolute Gasteiger partial charge is 0.748 e. The second kappa shape index (κ2) is 23.3. The second-order valence-corrected chi connectivity index (χ2v) is 16.5. The van der Waals surface area contributed by atoms with Crippen LogP contribution in [0.4, 0.5) is 0 Å². The van der Waals surface area contributed by atoms with E-state index in [2.05, 4.69) is 5.32 Å². The lowest BCUT2D eigenvalue weighted by Gasteiger charge is -2.25. The van der Waals surface area contributed by atoms with E-state index >= 15 is 0 Å². The second-order valence-electron chi connectivity index (χ2n) is 15.0. The Kier molecular flexibility index (Phi) is 18.3. The molecular weight excluding hydrogens is 823 g/mol. The number of aromatic nitrogens is 1. The van der Waals surface area contributed by atoms with Gasteiger partial charge in [-0.3, -0.25) is 24.0 Å². The number of amides is 3. The number of nitrogens with zero attached hydrogens (tertiary/aromatic N) is 3. The van der Waals surface area contributed by atoms with Crippen LogP contribution < -0.4 is 20.4 Å². The number of hydrogen-bond acceptors (Lipinski definition) is 11. The number of carbonyl (C=O) groups is 6. The summed E-state index contributed by atoms with van der Waals surface area (Å²) in [6, 6.07) is 17.5. The fraction of sp³-hybridized carbons (Fsp3) is 0.432. The summed E-state index contributed by atoms with van der Waals surface area (Å²) in [7, 11) is -4.41. The van der Waals surface area contributed by atoms with Gasteiger partial charge < -0.3 is 40.4 Å². The normalized spacial score (nSPS) is 11.4. The molecular formula is C44H55N5O12S. The monoisotopic (exact) mass is 877 g/mol. The predicted molar refractivity (Wildman–Crippen MR) is 228 cm³/mol. The molecule has 4 aromatic rings. The lowest BCUT2D eigenvalue weighted by atomic mass is 10.0. The number of nitrogens with two attached hydrogens (primary N) is 1. The third-order valence-electron chi connectivity index (χ3n) is 10.3. The van der Waals surface area contributed by atoms with Crippen LogP contribution in [0.2, 0.25) is 0 Å². The molecule has 0 saturated heterocycles. The third kappa shape index (κ3) is 14.3. The summed E-state index contributed by atoms with van der Waals surface area (Å²) < 4.78 is 41.9. The molecule has 18 heteroatoms. The van der Waals surface area contributed by atoms with E-state index in [-0.39, 0.29) is 69.3 Å². The molecule has 62 heavy (non-hydrogen) atoms. The van der Waals surface area contributed by atoms with Crippen LogP contribution in [-0.4, -0.2) is 114 Å². The molecule has 0 unspecified atom stereocenters. The van der Waals surface area contributed by atoms with Crippen LogP contribution in [0.3, 0.4) is 0 Å². The highest BCUT2D eigenvalue weighted by molar-refractivity contribution is 7.85. The van der Waals surface area contributed by atoms with Crippen LogP contribution in [0, 0.1) is 13.8 Å². The predicted octanol–water partition coefficient (Wildman–Crippen LogP) is 3.69. The van der Waals surface area contributed by atoms with Crippen LogP contribution >= 0.6 is 0 Å². The van der Waals surface area contributed by atoms with Gasteiger partial charge in [0.2, 0.25) is 22.8 Å². The molecule has 1 aromatic heterocycles. The van der Waals surface area contributed by atoms with Gasteiger partial charge in [0.15, 0.2) is 6.54 Å². The SMILES string of the molecule is Cc1cc(C(=O)NCCCN(CCCCN(CCCN)C(=O)CCC(=O)O)C(=O)CCC(=O)O)cc(C)c1OC(=O)c1c2ccccc2[n+](CCCS(=O)(=O)[O-])c2ccccc12. The quantitative estimate of drug-likeness (QED) is 0.0185. The van der Waals surface area contributed by atoms with Gasteiger partial charge in [-0.1, -0.05) is 24.3 Å². The van der Waals surface area contributed by atoms with E-state index in [1.807, 2.05) is 16.7 Å². The van der Waals surface area contributed by atoms with E-state index in [9.17, 15) is 41.7 Å². The molecule has 0 fully saturated rings. The maximum absolute atomic E-state index is 14.1. The number of aliphatic carboxylic acids is 2. The fourth-order valence-corrected chi connectivity index (χ4v) is 7.77. The molecule has 3 aromatic carbocycles. The summed E-state index contributed by atoms with van der Waals surface area (Å²) in [6.45, 7) is 5.50. The van der Waals surface area contributed by atoms with Gasteiger partial charge in [-0.05, 0) is 81.5 Å². The van der Waals surface area contributed by atoms with Crippen molar-refractivity contribution in [1.82, 2.24) is 15.1 Å². The number of para-hydroxylation sites is 2. The van der Waals surface area contributed by atoms with Crippen molar-refractivity contribution < 1.29 is 61.3 Å². The average molecular weight is 878 g/mol. The topological polar surface area (TPSA) is 258 Å². The van der Waals surface area contributed by atoms with E-state index < -0.39 is 39.7 Å². The van der Waals surface area contributed by atoms with Gasteiger partial charge in [-0.25, -0.2) is 13.2 Å². The minimum atomic E-state index is -4.41. The molecule has 0 spiro atoms. The first-order valence-corrected chi connectivity index (χ1v) is 22.2. The summed E-state index contributed by atoms with van der Waals surface area (Å²) in [5.74, 6) is -4.08. The van der Waals surface area contributed by atoms with Crippen molar-refractivity contribution >= 4 is 67.6 Å². The molecule has 0 aliphatic heterocycles. The molecule has 1 heterocycles. The first-order valence-electron chi connectivity index (χ1n) is 20.6. The van der Waals surface area contributed by atoms with Crippen molar-refractivity contribution in [3.63, 3.8) is 0 Å². The highest BCUT2D eigenvalue weighted by atomic mass is 32.2. The van der Waals surface area contributed by atoms with Gasteiger partial charge in [0.05, 0.1) is 39.3 Å². The van der Waals surface area contributed by atoms with Crippen molar-refractivity contribution in [2.75, 3.05) is 45.0 Å². The molecule has 5 N–H and O–H groups in total. The van der Waals surface area contributed by atoms with Crippen molar-refractivity contribution in [3.8, 4) is 5.75 Å². The molecule has 0 saturated carbocycles. The Morgan fingerprint density at radius 2 is 1.21 bits per heavy atom. The first-order chi connectivity index (χ1) is 29.5. The van der Waals surface area contributed by atoms with Crippen molar-refractivity contribution in [3.05, 3.63) is 82.9 Å². The number of hydrogen-bond donors (Lipinski definition) is 4. The smallest absolute Gasteiger partial charge is 0.345 e. The van der Waals surface area contributed by atoms with E-state index in [4.69, 9.17) is 20.7 Å². The number of carboxylic acid groups (broad SMARTS) is 2. The van der Waals surface area contributed by atoms with Gasteiger partial charge in [-0.15, -0.1) is 0 Å². The minimum Gasteiger partial charge on any atom is -0.748 e. The number of esters is 1. The zero-order chi connectivity index (χ0) is 45.4. The third-order valence-corrected chi connectivity index (χ3v) is 11.1. The van der Waals surface area contributed by atoms with Crippen LogP contribution in [0.1, 0.15) is 89.6 Å². The lowest BCUT2D eigenvalue weighted by molar-refractivity contribution is -0.645. The molecule has 4 rings (SSSR count).